The molecule has 0 unspecified atom stereocenters. The molecule has 0 fully saturated rings. The summed E-state index contributed by atoms with van der Waals surface area (Å²) < 4.78 is 6.80. The summed E-state index contributed by atoms with van der Waals surface area (Å²) in [5.41, 5.74) is 8.01. The maximum Gasteiger partial charge on any atom is 0.270 e. The van der Waals surface area contributed by atoms with Crippen LogP contribution in [0.15, 0.2) is 41.4 Å². The number of nitrogens with zero attached hydrogens (tertiary/aromatic N) is 5. The number of carbonyl (C=O) groups is 1. The Bertz CT molecular complexity index is 968. The van der Waals surface area contributed by atoms with E-state index < -0.39 is 5.91 Å². The Balaban J connectivity index is 1.93. The first-order valence-electron chi connectivity index (χ1n) is 6.33. The molecule has 0 atom stereocenters. The van der Waals surface area contributed by atoms with E-state index in [9.17, 15) is 4.79 Å². The van der Waals surface area contributed by atoms with E-state index in [2.05, 4.69) is 25.4 Å². The molecule has 0 aliphatic rings. The number of aromatic nitrogens is 6. The molecule has 0 aliphatic carbocycles. The normalized spacial score (nSPS) is 11.1. The fourth-order valence-corrected chi connectivity index (χ4v) is 2.15. The minimum Gasteiger partial charge on any atom is -0.364 e. The number of hydrogen-bond acceptors (Lipinski definition) is 6. The van der Waals surface area contributed by atoms with Gasteiger partial charge in [-0.25, -0.2) is 9.50 Å². The van der Waals surface area contributed by atoms with Gasteiger partial charge in [0, 0.05) is 17.8 Å². The lowest BCUT2D eigenvalue weighted by Crippen LogP contribution is -2.10. The average molecular weight is 295 g/mol. The number of aromatic amines is 1. The van der Waals surface area contributed by atoms with Gasteiger partial charge in [-0.2, -0.15) is 10.2 Å². The number of nitrogens with one attached hydrogen (secondary N) is 1. The Morgan fingerprint density at radius 2 is 2.32 bits per heavy atom. The van der Waals surface area contributed by atoms with Gasteiger partial charge in [-0.3, -0.25) is 9.89 Å². The highest BCUT2D eigenvalue weighted by Gasteiger charge is 2.16. The molecule has 4 heterocycles. The van der Waals surface area contributed by atoms with E-state index >= 15 is 0 Å². The van der Waals surface area contributed by atoms with Crippen molar-refractivity contribution < 1.29 is 9.32 Å². The summed E-state index contributed by atoms with van der Waals surface area (Å²) in [7, 11) is 0. The second-order valence-corrected chi connectivity index (χ2v) is 4.56. The molecule has 4 aromatic heterocycles. The molecule has 4 aromatic rings. The van der Waals surface area contributed by atoms with Gasteiger partial charge in [-0.15, -0.1) is 0 Å². The summed E-state index contributed by atoms with van der Waals surface area (Å²) in [6.45, 7) is 0. The molecular weight excluding hydrogens is 286 g/mol. The molecule has 4 rings (SSSR count). The first kappa shape index (κ1) is 12.3. The zero-order chi connectivity index (χ0) is 15.1. The zero-order valence-corrected chi connectivity index (χ0v) is 11.1. The lowest BCUT2D eigenvalue weighted by atomic mass is 10.2. The predicted octanol–water partition coefficient (Wildman–Crippen LogP) is 0.873. The van der Waals surface area contributed by atoms with Gasteiger partial charge in [0.05, 0.1) is 24.1 Å². The van der Waals surface area contributed by atoms with E-state index in [1.54, 1.807) is 29.3 Å². The van der Waals surface area contributed by atoms with Crippen LogP contribution in [0.1, 0.15) is 10.5 Å². The summed E-state index contributed by atoms with van der Waals surface area (Å²) in [5, 5.41) is 14.5. The maximum atomic E-state index is 11.1. The Hall–Kier alpha value is -3.49. The number of nitrogens with two attached hydrogens (primary N) is 1. The van der Waals surface area contributed by atoms with Crippen molar-refractivity contribution in [2.75, 3.05) is 0 Å². The highest BCUT2D eigenvalue weighted by Crippen LogP contribution is 2.26. The molecule has 108 valence electrons. The van der Waals surface area contributed by atoms with Crippen LogP contribution in [0.4, 0.5) is 0 Å². The van der Waals surface area contributed by atoms with Gasteiger partial charge < -0.3 is 10.3 Å². The molecular formula is C13H9N7O2. The second kappa shape index (κ2) is 4.52. The molecule has 1 amide bonds. The van der Waals surface area contributed by atoms with Crippen LogP contribution in [0.25, 0.3) is 28.2 Å². The summed E-state index contributed by atoms with van der Waals surface area (Å²) in [4.78, 5) is 15.7. The van der Waals surface area contributed by atoms with Gasteiger partial charge in [0.1, 0.15) is 11.4 Å². The summed E-state index contributed by atoms with van der Waals surface area (Å²) in [5.74, 6) is -0.332. The van der Waals surface area contributed by atoms with Gasteiger partial charge in [0.2, 0.25) is 0 Å². The molecule has 0 spiro atoms. The average Bonchev–Trinajstić information content (AvgIpc) is 3.25. The van der Waals surface area contributed by atoms with Crippen molar-refractivity contribution in [3.05, 3.63) is 42.6 Å². The molecule has 9 heteroatoms. The summed E-state index contributed by atoms with van der Waals surface area (Å²) in [6, 6.07) is 3.29. The van der Waals surface area contributed by atoms with Crippen LogP contribution in [-0.2, 0) is 0 Å². The SMILES string of the molecule is NC(=O)c1cc(-c2cn3nccc3c(-c3cn[nH]c3)n2)on1. The molecule has 0 saturated heterocycles. The Morgan fingerprint density at radius 3 is 3.05 bits per heavy atom. The number of amides is 1. The Labute approximate surface area is 122 Å². The number of carbonyl (C=O) groups excluding carboxylic acids is 1. The van der Waals surface area contributed by atoms with E-state index in [1.165, 1.54) is 6.07 Å². The van der Waals surface area contributed by atoms with Crippen molar-refractivity contribution in [3.8, 4) is 22.7 Å². The van der Waals surface area contributed by atoms with Crippen molar-refractivity contribution in [1.82, 2.24) is 30.0 Å². The first-order valence-corrected chi connectivity index (χ1v) is 6.33. The van der Waals surface area contributed by atoms with Gasteiger partial charge in [-0.1, -0.05) is 5.16 Å². The van der Waals surface area contributed by atoms with Gasteiger partial charge >= 0.3 is 0 Å². The molecule has 3 N–H and O–H groups in total. The maximum absolute atomic E-state index is 11.1. The molecule has 0 aliphatic heterocycles. The molecule has 0 radical (unpaired) electrons. The monoisotopic (exact) mass is 295 g/mol. The lowest BCUT2D eigenvalue weighted by Gasteiger charge is -2.03. The largest absolute Gasteiger partial charge is 0.364 e. The van der Waals surface area contributed by atoms with Gasteiger partial charge in [-0.05, 0) is 6.07 Å². The highest BCUT2D eigenvalue weighted by molar-refractivity contribution is 5.91. The summed E-state index contributed by atoms with van der Waals surface area (Å²) >= 11 is 0. The fraction of sp³-hybridized carbons (Fsp3) is 0. The molecule has 0 saturated carbocycles. The van der Waals surface area contributed by atoms with Crippen LogP contribution in [0.2, 0.25) is 0 Å². The number of H-pyrrole nitrogens is 1. The summed E-state index contributed by atoms with van der Waals surface area (Å²) in [6.07, 6.45) is 6.74. The van der Waals surface area contributed by atoms with Crippen molar-refractivity contribution in [2.24, 2.45) is 5.73 Å². The quantitative estimate of drug-likeness (QED) is 0.577. The van der Waals surface area contributed by atoms with Gasteiger partial charge in [0.15, 0.2) is 11.5 Å². The minimum atomic E-state index is -0.662. The van der Waals surface area contributed by atoms with E-state index in [0.717, 1.165) is 11.1 Å². The third kappa shape index (κ3) is 1.84. The van der Waals surface area contributed by atoms with Crippen LogP contribution in [0.5, 0.6) is 0 Å². The van der Waals surface area contributed by atoms with Crippen LogP contribution in [-0.4, -0.2) is 35.9 Å². The van der Waals surface area contributed by atoms with Crippen LogP contribution in [0.3, 0.4) is 0 Å². The number of rotatable bonds is 3. The standard InChI is InChI=1S/C13H9N7O2/c14-13(21)8-3-11(22-19-8)9-6-20-10(1-2-17-20)12(18-9)7-4-15-16-5-7/h1-6H,(H2,14,21)(H,15,16). The van der Waals surface area contributed by atoms with E-state index in [4.69, 9.17) is 10.3 Å². The zero-order valence-electron chi connectivity index (χ0n) is 11.1. The second-order valence-electron chi connectivity index (χ2n) is 4.56. The third-order valence-corrected chi connectivity index (χ3v) is 3.18. The smallest absolute Gasteiger partial charge is 0.270 e. The Morgan fingerprint density at radius 1 is 1.41 bits per heavy atom. The van der Waals surface area contributed by atoms with Gasteiger partial charge in [0.25, 0.3) is 5.91 Å². The minimum absolute atomic E-state index is 0.0437. The van der Waals surface area contributed by atoms with E-state index in [-0.39, 0.29) is 5.69 Å². The molecule has 0 bridgehead atoms. The van der Waals surface area contributed by atoms with Crippen molar-refractivity contribution in [3.63, 3.8) is 0 Å². The van der Waals surface area contributed by atoms with Crippen LogP contribution >= 0.6 is 0 Å². The fourth-order valence-electron chi connectivity index (χ4n) is 2.15. The van der Waals surface area contributed by atoms with Crippen LogP contribution in [0, 0.1) is 0 Å². The first-order chi connectivity index (χ1) is 10.7. The molecule has 0 aromatic carbocycles. The van der Waals surface area contributed by atoms with Crippen molar-refractivity contribution in [1.29, 1.82) is 0 Å². The van der Waals surface area contributed by atoms with Crippen molar-refractivity contribution in [2.45, 2.75) is 0 Å². The van der Waals surface area contributed by atoms with Crippen LogP contribution < -0.4 is 5.73 Å². The van der Waals surface area contributed by atoms with E-state index in [1.807, 2.05) is 6.07 Å². The highest BCUT2D eigenvalue weighted by atomic mass is 16.5. The molecule has 9 nitrogen and oxygen atoms in total. The lowest BCUT2D eigenvalue weighted by molar-refractivity contribution is 0.0992. The predicted molar refractivity (Wildman–Crippen MR) is 74.6 cm³/mol. The van der Waals surface area contributed by atoms with Crippen molar-refractivity contribution >= 4 is 11.4 Å². The van der Waals surface area contributed by atoms with E-state index in [0.29, 0.717) is 17.1 Å². The Kier molecular flexibility index (Phi) is 2.52. The number of fused-ring (bicyclic) bond motifs is 1. The number of hydrogen-bond donors (Lipinski definition) is 2. The molecule has 22 heavy (non-hydrogen) atoms. The topological polar surface area (TPSA) is 128 Å². The third-order valence-electron chi connectivity index (χ3n) is 3.18. The number of primary amides is 1.